The van der Waals surface area contributed by atoms with E-state index in [-0.39, 0.29) is 24.4 Å². The van der Waals surface area contributed by atoms with Crippen molar-refractivity contribution in [2.24, 2.45) is 17.3 Å². The van der Waals surface area contributed by atoms with Gasteiger partial charge in [0.25, 0.3) is 0 Å². The Morgan fingerprint density at radius 1 is 1.26 bits per heavy atom. The summed E-state index contributed by atoms with van der Waals surface area (Å²) in [4.78, 5) is 2.14. The van der Waals surface area contributed by atoms with Gasteiger partial charge in [-0.2, -0.15) is 0 Å². The second-order valence-corrected chi connectivity index (χ2v) is 6.06. The highest BCUT2D eigenvalue weighted by Gasteiger charge is 2.67. The summed E-state index contributed by atoms with van der Waals surface area (Å²) in [5.74, 6) is 0.379. The highest BCUT2D eigenvalue weighted by molar-refractivity contribution is 6.31. The molecule has 3 rings (SSSR count). The van der Waals surface area contributed by atoms with Gasteiger partial charge in [0.15, 0.2) is 0 Å². The molecule has 1 saturated carbocycles. The summed E-state index contributed by atoms with van der Waals surface area (Å²) in [5, 5.41) is 19.2. The number of rotatable bonds is 4. The largest absolute Gasteiger partial charge is 0.396 e. The number of hydrogen-bond donors (Lipinski definition) is 2. The molecule has 1 saturated heterocycles. The van der Waals surface area contributed by atoms with Gasteiger partial charge < -0.3 is 10.2 Å². The topological polar surface area (TPSA) is 43.7 Å². The standard InChI is InChI=1S/C14H17ClFNO2/c15-12-2-1-3-13(16)9(12)4-17-5-10-11(6-17)14(10,7-18)8-19/h1-3,10-11,18-19H,4-8H2. The van der Waals surface area contributed by atoms with Gasteiger partial charge >= 0.3 is 0 Å². The lowest BCUT2D eigenvalue weighted by Crippen LogP contribution is -2.31. The molecule has 3 nitrogen and oxygen atoms in total. The molecule has 0 bridgehead atoms. The van der Waals surface area contributed by atoms with Crippen LogP contribution in [0.15, 0.2) is 18.2 Å². The molecule has 1 aliphatic carbocycles. The number of hydrogen-bond acceptors (Lipinski definition) is 3. The van der Waals surface area contributed by atoms with Gasteiger partial charge in [-0.15, -0.1) is 0 Å². The van der Waals surface area contributed by atoms with Crippen molar-refractivity contribution in [1.82, 2.24) is 4.90 Å². The van der Waals surface area contributed by atoms with Crippen LogP contribution in [0.4, 0.5) is 4.39 Å². The molecule has 1 aromatic carbocycles. The molecule has 1 heterocycles. The molecule has 1 aliphatic heterocycles. The minimum Gasteiger partial charge on any atom is -0.396 e. The molecule has 2 fully saturated rings. The van der Waals surface area contributed by atoms with E-state index in [1.165, 1.54) is 6.07 Å². The number of aliphatic hydroxyl groups is 2. The second-order valence-electron chi connectivity index (χ2n) is 5.66. The van der Waals surface area contributed by atoms with E-state index >= 15 is 0 Å². The minimum absolute atomic E-state index is 0.0348. The Bertz CT molecular complexity index is 458. The monoisotopic (exact) mass is 285 g/mol. The van der Waals surface area contributed by atoms with Crippen LogP contribution in [0.3, 0.4) is 0 Å². The Kier molecular flexibility index (Phi) is 3.29. The smallest absolute Gasteiger partial charge is 0.129 e. The van der Waals surface area contributed by atoms with Gasteiger partial charge in [-0.25, -0.2) is 4.39 Å². The highest BCUT2D eigenvalue weighted by Crippen LogP contribution is 2.62. The van der Waals surface area contributed by atoms with Crippen LogP contribution < -0.4 is 0 Å². The molecular formula is C14H17ClFNO2. The van der Waals surface area contributed by atoms with Crippen molar-refractivity contribution in [3.05, 3.63) is 34.6 Å². The maximum atomic E-state index is 13.7. The van der Waals surface area contributed by atoms with Gasteiger partial charge in [0.2, 0.25) is 0 Å². The molecule has 19 heavy (non-hydrogen) atoms. The van der Waals surface area contributed by atoms with E-state index in [1.54, 1.807) is 12.1 Å². The van der Waals surface area contributed by atoms with E-state index in [0.29, 0.717) is 29.0 Å². The van der Waals surface area contributed by atoms with Gasteiger partial charge in [-0.1, -0.05) is 17.7 Å². The fraction of sp³-hybridized carbons (Fsp3) is 0.571. The number of likely N-dealkylation sites (tertiary alicyclic amines) is 1. The van der Waals surface area contributed by atoms with Gasteiger partial charge in [0.05, 0.1) is 13.2 Å². The number of aliphatic hydroxyl groups excluding tert-OH is 2. The SMILES string of the molecule is OCC1(CO)C2CN(Cc3c(F)cccc3Cl)CC21. The van der Waals surface area contributed by atoms with Gasteiger partial charge in [-0.3, -0.25) is 4.90 Å². The van der Waals surface area contributed by atoms with E-state index in [4.69, 9.17) is 11.6 Å². The number of benzene rings is 1. The molecule has 2 atom stereocenters. The predicted molar refractivity (Wildman–Crippen MR) is 70.3 cm³/mol. The van der Waals surface area contributed by atoms with E-state index in [0.717, 1.165) is 13.1 Å². The molecule has 2 N–H and O–H groups in total. The van der Waals surface area contributed by atoms with Gasteiger partial charge in [-0.05, 0) is 24.0 Å². The molecule has 104 valence electrons. The Labute approximate surface area is 116 Å². The quantitative estimate of drug-likeness (QED) is 0.881. The van der Waals surface area contributed by atoms with E-state index in [9.17, 15) is 14.6 Å². The first-order valence-electron chi connectivity index (χ1n) is 6.49. The number of halogens is 2. The lowest BCUT2D eigenvalue weighted by atomic mass is 10.0. The molecule has 0 spiro atoms. The molecule has 0 aromatic heterocycles. The maximum absolute atomic E-state index is 13.7. The summed E-state index contributed by atoms with van der Waals surface area (Å²) >= 11 is 6.02. The first-order chi connectivity index (χ1) is 9.12. The van der Waals surface area contributed by atoms with Crippen LogP contribution in [-0.2, 0) is 6.54 Å². The molecule has 0 amide bonds. The highest BCUT2D eigenvalue weighted by atomic mass is 35.5. The minimum atomic E-state index is -0.296. The zero-order chi connectivity index (χ0) is 13.6. The average molecular weight is 286 g/mol. The van der Waals surface area contributed by atoms with E-state index in [2.05, 4.69) is 4.90 Å². The summed E-state index contributed by atoms with van der Waals surface area (Å²) in [7, 11) is 0. The molecule has 2 aliphatic rings. The fourth-order valence-corrected chi connectivity index (χ4v) is 3.70. The van der Waals surface area contributed by atoms with Crippen LogP contribution in [0, 0.1) is 23.1 Å². The second kappa shape index (κ2) is 4.70. The van der Waals surface area contributed by atoms with Crippen molar-refractivity contribution in [3.63, 3.8) is 0 Å². The van der Waals surface area contributed by atoms with Crippen molar-refractivity contribution < 1.29 is 14.6 Å². The van der Waals surface area contributed by atoms with Crippen LogP contribution in [0.2, 0.25) is 5.02 Å². The van der Waals surface area contributed by atoms with Crippen molar-refractivity contribution in [2.45, 2.75) is 6.54 Å². The van der Waals surface area contributed by atoms with Crippen LogP contribution >= 0.6 is 11.6 Å². The molecular weight excluding hydrogens is 269 g/mol. The summed E-state index contributed by atoms with van der Waals surface area (Å²) < 4.78 is 13.7. The van der Waals surface area contributed by atoms with Crippen molar-refractivity contribution >= 4 is 11.6 Å². The summed E-state index contributed by atoms with van der Waals surface area (Å²) in [5.41, 5.74) is 0.235. The van der Waals surface area contributed by atoms with Crippen molar-refractivity contribution in [2.75, 3.05) is 26.3 Å². The first kappa shape index (κ1) is 13.3. The summed E-state index contributed by atoms with van der Waals surface area (Å²) in [6.07, 6.45) is 0. The van der Waals surface area contributed by atoms with Gasteiger partial charge in [0.1, 0.15) is 5.82 Å². The Morgan fingerprint density at radius 3 is 2.42 bits per heavy atom. The van der Waals surface area contributed by atoms with Crippen LogP contribution in [0.5, 0.6) is 0 Å². The molecule has 0 radical (unpaired) electrons. The zero-order valence-corrected chi connectivity index (χ0v) is 11.3. The molecule has 5 heteroatoms. The zero-order valence-electron chi connectivity index (χ0n) is 10.5. The van der Waals surface area contributed by atoms with Crippen molar-refractivity contribution in [3.8, 4) is 0 Å². The van der Waals surface area contributed by atoms with Crippen LogP contribution in [0.25, 0.3) is 0 Å². The maximum Gasteiger partial charge on any atom is 0.129 e. The number of fused-ring (bicyclic) bond motifs is 1. The molecule has 2 unspecified atom stereocenters. The third-order valence-corrected chi connectivity index (χ3v) is 5.15. The predicted octanol–water partition coefficient (Wildman–Crippen LogP) is 1.51. The third kappa shape index (κ3) is 1.98. The van der Waals surface area contributed by atoms with Crippen molar-refractivity contribution in [1.29, 1.82) is 0 Å². The fourth-order valence-electron chi connectivity index (χ4n) is 3.47. The number of piperidine rings is 1. The Hall–Kier alpha value is -0.680. The van der Waals surface area contributed by atoms with E-state index < -0.39 is 0 Å². The molecule has 1 aromatic rings. The Balaban J connectivity index is 1.67. The lowest BCUT2D eigenvalue weighted by molar-refractivity contribution is 0.0866. The normalized spacial score (nSPS) is 28.4. The first-order valence-corrected chi connectivity index (χ1v) is 6.87. The van der Waals surface area contributed by atoms with Gasteiger partial charge in [0, 0.05) is 35.6 Å². The van der Waals surface area contributed by atoms with Crippen LogP contribution in [-0.4, -0.2) is 41.4 Å². The summed E-state index contributed by atoms with van der Waals surface area (Å²) in [6, 6.07) is 4.72. The Morgan fingerprint density at radius 2 is 1.89 bits per heavy atom. The average Bonchev–Trinajstić information content (AvgIpc) is 2.78. The number of nitrogens with zero attached hydrogens (tertiary/aromatic N) is 1. The van der Waals surface area contributed by atoms with E-state index in [1.807, 2.05) is 0 Å². The lowest BCUT2D eigenvalue weighted by Gasteiger charge is -2.24. The third-order valence-electron chi connectivity index (χ3n) is 4.80. The summed E-state index contributed by atoms with van der Waals surface area (Å²) in [6.45, 7) is 2.14. The van der Waals surface area contributed by atoms with Crippen LogP contribution in [0.1, 0.15) is 5.56 Å².